The third-order valence-electron chi connectivity index (χ3n) is 3.46. The van der Waals surface area contributed by atoms with Crippen molar-refractivity contribution >= 4 is 28.4 Å². The van der Waals surface area contributed by atoms with Crippen molar-refractivity contribution in [1.82, 2.24) is 10.3 Å². The van der Waals surface area contributed by atoms with Gasteiger partial charge in [0.15, 0.2) is 0 Å². The molecule has 0 radical (unpaired) electrons. The molecule has 19 heavy (non-hydrogen) atoms. The van der Waals surface area contributed by atoms with Gasteiger partial charge in [0, 0.05) is 18.1 Å². The highest BCUT2D eigenvalue weighted by molar-refractivity contribution is 7.99. The van der Waals surface area contributed by atoms with E-state index in [1.54, 1.807) is 6.20 Å². The fourth-order valence-electron chi connectivity index (χ4n) is 2.37. The standard InChI is InChI=1S/C15H16N2OS/c18-15(17-9-11-6-8-19-10-11)14-13-4-2-1-3-12(13)5-7-16-14/h1-5,7,11H,6,8-10H2,(H,17,18)/t11-/m0/s1. The SMILES string of the molecule is O=C(NC[C@@H]1CCSC1)c1nccc2ccccc12. The zero-order valence-electron chi connectivity index (χ0n) is 10.6. The Labute approximate surface area is 116 Å². The number of nitrogens with one attached hydrogen (secondary N) is 1. The summed E-state index contributed by atoms with van der Waals surface area (Å²) in [6.45, 7) is 0.761. The van der Waals surface area contributed by atoms with E-state index in [1.165, 1.54) is 12.2 Å². The summed E-state index contributed by atoms with van der Waals surface area (Å²) in [7, 11) is 0. The molecule has 1 N–H and O–H groups in total. The third-order valence-corrected chi connectivity index (χ3v) is 4.70. The van der Waals surface area contributed by atoms with Crippen molar-refractivity contribution in [2.75, 3.05) is 18.1 Å². The second-order valence-corrected chi connectivity index (χ2v) is 5.97. The van der Waals surface area contributed by atoms with Gasteiger partial charge in [-0.3, -0.25) is 9.78 Å². The Morgan fingerprint density at radius 2 is 2.26 bits per heavy atom. The number of hydrogen-bond acceptors (Lipinski definition) is 3. The van der Waals surface area contributed by atoms with Crippen molar-refractivity contribution in [3.8, 4) is 0 Å². The predicted molar refractivity (Wildman–Crippen MR) is 79.5 cm³/mol. The molecule has 1 aliphatic heterocycles. The molecule has 0 bridgehead atoms. The van der Waals surface area contributed by atoms with E-state index < -0.39 is 0 Å². The molecular formula is C15H16N2OS. The first-order valence-electron chi connectivity index (χ1n) is 6.54. The molecule has 1 aliphatic rings. The molecule has 98 valence electrons. The number of amides is 1. The maximum absolute atomic E-state index is 12.2. The Bertz CT molecular complexity index is 588. The van der Waals surface area contributed by atoms with Gasteiger partial charge in [-0.25, -0.2) is 0 Å². The number of pyridine rings is 1. The molecule has 1 fully saturated rings. The largest absolute Gasteiger partial charge is 0.350 e. The van der Waals surface area contributed by atoms with Crippen LogP contribution in [0.5, 0.6) is 0 Å². The number of carbonyl (C=O) groups is 1. The zero-order valence-corrected chi connectivity index (χ0v) is 11.5. The lowest BCUT2D eigenvalue weighted by atomic mass is 10.1. The molecular weight excluding hydrogens is 256 g/mol. The van der Waals surface area contributed by atoms with Crippen molar-refractivity contribution in [2.24, 2.45) is 5.92 Å². The van der Waals surface area contributed by atoms with Crippen molar-refractivity contribution in [3.63, 3.8) is 0 Å². The van der Waals surface area contributed by atoms with Gasteiger partial charge in [-0.1, -0.05) is 24.3 Å². The van der Waals surface area contributed by atoms with E-state index in [2.05, 4.69) is 10.3 Å². The van der Waals surface area contributed by atoms with Crippen LogP contribution < -0.4 is 5.32 Å². The lowest BCUT2D eigenvalue weighted by Gasteiger charge is -2.10. The van der Waals surface area contributed by atoms with Gasteiger partial charge in [0.1, 0.15) is 5.69 Å². The van der Waals surface area contributed by atoms with Gasteiger partial charge in [-0.05, 0) is 35.3 Å². The summed E-state index contributed by atoms with van der Waals surface area (Å²) >= 11 is 1.97. The molecule has 4 heteroatoms. The fraction of sp³-hybridized carbons (Fsp3) is 0.333. The molecule has 0 saturated carbocycles. The molecule has 1 aromatic heterocycles. The summed E-state index contributed by atoms with van der Waals surface area (Å²) in [5.41, 5.74) is 0.531. The first-order valence-corrected chi connectivity index (χ1v) is 7.70. The fourth-order valence-corrected chi connectivity index (χ4v) is 3.65. The van der Waals surface area contributed by atoms with Gasteiger partial charge in [-0.2, -0.15) is 11.8 Å². The molecule has 3 nitrogen and oxygen atoms in total. The van der Waals surface area contributed by atoms with Crippen LogP contribution in [0.2, 0.25) is 0 Å². The van der Waals surface area contributed by atoms with Crippen molar-refractivity contribution < 1.29 is 4.79 Å². The minimum absolute atomic E-state index is 0.0614. The summed E-state index contributed by atoms with van der Waals surface area (Å²) in [6, 6.07) is 9.79. The number of nitrogens with zero attached hydrogens (tertiary/aromatic N) is 1. The quantitative estimate of drug-likeness (QED) is 0.934. The van der Waals surface area contributed by atoms with Crippen molar-refractivity contribution in [3.05, 3.63) is 42.2 Å². The second kappa shape index (κ2) is 5.61. The number of hydrogen-bond donors (Lipinski definition) is 1. The Balaban J connectivity index is 1.77. The van der Waals surface area contributed by atoms with E-state index in [0.717, 1.165) is 23.1 Å². The van der Waals surface area contributed by atoms with E-state index >= 15 is 0 Å². The topological polar surface area (TPSA) is 42.0 Å². The Morgan fingerprint density at radius 1 is 1.37 bits per heavy atom. The predicted octanol–water partition coefficient (Wildman–Crippen LogP) is 2.72. The first-order chi connectivity index (χ1) is 9.34. The van der Waals surface area contributed by atoms with Crippen LogP contribution in [0.15, 0.2) is 36.5 Å². The van der Waals surface area contributed by atoms with Crippen LogP contribution in [0.1, 0.15) is 16.9 Å². The molecule has 3 rings (SSSR count). The summed E-state index contributed by atoms with van der Waals surface area (Å²) in [4.78, 5) is 16.5. The maximum Gasteiger partial charge on any atom is 0.270 e. The molecule has 0 aliphatic carbocycles. The molecule has 1 amide bonds. The normalized spacial score (nSPS) is 18.6. The first kappa shape index (κ1) is 12.5. The van der Waals surface area contributed by atoms with Gasteiger partial charge < -0.3 is 5.32 Å². The lowest BCUT2D eigenvalue weighted by molar-refractivity contribution is 0.0945. The Hall–Kier alpha value is -1.55. The van der Waals surface area contributed by atoms with E-state index in [1.807, 2.05) is 42.1 Å². The van der Waals surface area contributed by atoms with Gasteiger partial charge >= 0.3 is 0 Å². The Morgan fingerprint density at radius 3 is 3.11 bits per heavy atom. The summed E-state index contributed by atoms with van der Waals surface area (Å²) in [5, 5.41) is 4.99. The van der Waals surface area contributed by atoms with Gasteiger partial charge in [0.25, 0.3) is 5.91 Å². The number of benzene rings is 1. The van der Waals surface area contributed by atoms with Crippen LogP contribution in [-0.4, -0.2) is 28.9 Å². The molecule has 1 atom stereocenters. The van der Waals surface area contributed by atoms with Crippen LogP contribution in [0.3, 0.4) is 0 Å². The minimum Gasteiger partial charge on any atom is -0.350 e. The lowest BCUT2D eigenvalue weighted by Crippen LogP contribution is -2.30. The van der Waals surface area contributed by atoms with Crippen molar-refractivity contribution in [2.45, 2.75) is 6.42 Å². The highest BCUT2D eigenvalue weighted by Crippen LogP contribution is 2.22. The summed E-state index contributed by atoms with van der Waals surface area (Å²) in [6.07, 6.45) is 2.90. The van der Waals surface area contributed by atoms with Crippen LogP contribution in [-0.2, 0) is 0 Å². The van der Waals surface area contributed by atoms with Crippen LogP contribution in [0.25, 0.3) is 10.8 Å². The minimum atomic E-state index is -0.0614. The summed E-state index contributed by atoms with van der Waals surface area (Å²) < 4.78 is 0. The Kier molecular flexibility index (Phi) is 3.69. The van der Waals surface area contributed by atoms with Gasteiger partial charge in [0.05, 0.1) is 0 Å². The van der Waals surface area contributed by atoms with E-state index in [0.29, 0.717) is 11.6 Å². The van der Waals surface area contributed by atoms with Crippen LogP contribution >= 0.6 is 11.8 Å². The highest BCUT2D eigenvalue weighted by atomic mass is 32.2. The molecule has 1 saturated heterocycles. The van der Waals surface area contributed by atoms with Crippen LogP contribution in [0, 0.1) is 5.92 Å². The van der Waals surface area contributed by atoms with Crippen LogP contribution in [0.4, 0.5) is 0 Å². The van der Waals surface area contributed by atoms with Gasteiger partial charge in [0.2, 0.25) is 0 Å². The molecule has 1 aromatic carbocycles. The van der Waals surface area contributed by atoms with E-state index in [4.69, 9.17) is 0 Å². The van der Waals surface area contributed by atoms with Gasteiger partial charge in [-0.15, -0.1) is 0 Å². The average molecular weight is 272 g/mol. The molecule has 0 spiro atoms. The average Bonchev–Trinajstić information content (AvgIpc) is 2.97. The second-order valence-electron chi connectivity index (χ2n) is 4.82. The molecule has 2 heterocycles. The number of rotatable bonds is 3. The highest BCUT2D eigenvalue weighted by Gasteiger charge is 2.17. The van der Waals surface area contributed by atoms with Crippen molar-refractivity contribution in [1.29, 1.82) is 0 Å². The monoisotopic (exact) mass is 272 g/mol. The van der Waals surface area contributed by atoms with E-state index in [-0.39, 0.29) is 5.91 Å². The maximum atomic E-state index is 12.2. The third kappa shape index (κ3) is 2.73. The smallest absolute Gasteiger partial charge is 0.270 e. The number of aromatic nitrogens is 1. The number of thioether (sulfide) groups is 1. The summed E-state index contributed by atoms with van der Waals surface area (Å²) in [5.74, 6) is 2.92. The molecule has 2 aromatic rings. The zero-order chi connectivity index (χ0) is 13.1. The number of fused-ring (bicyclic) bond motifs is 1. The molecule has 0 unspecified atom stereocenters. The van der Waals surface area contributed by atoms with E-state index in [9.17, 15) is 4.79 Å². The number of carbonyl (C=O) groups excluding carboxylic acids is 1.